The molecule has 158 valence electrons. The second-order valence-electron chi connectivity index (χ2n) is 7.41. The second-order valence-corrected chi connectivity index (χ2v) is 9.36. The van der Waals surface area contributed by atoms with Crippen molar-refractivity contribution in [2.24, 2.45) is 0 Å². The van der Waals surface area contributed by atoms with E-state index in [1.165, 1.54) is 24.4 Å². The van der Waals surface area contributed by atoms with Gasteiger partial charge in [-0.1, -0.05) is 48.5 Å². The van der Waals surface area contributed by atoms with Crippen molar-refractivity contribution in [3.8, 4) is 0 Å². The average molecular weight is 437 g/mol. The van der Waals surface area contributed by atoms with E-state index in [0.29, 0.717) is 16.6 Å². The molecule has 3 aromatic carbocycles. The summed E-state index contributed by atoms with van der Waals surface area (Å²) >= 11 is 0. The van der Waals surface area contributed by atoms with Gasteiger partial charge in [0.2, 0.25) is 5.91 Å². The molecule has 0 spiro atoms. The van der Waals surface area contributed by atoms with Gasteiger partial charge in [-0.2, -0.15) is 0 Å². The van der Waals surface area contributed by atoms with Crippen LogP contribution in [0.5, 0.6) is 0 Å². The number of nitrogens with one attached hydrogen (secondary N) is 1. The Balaban J connectivity index is 1.66. The SMILES string of the molecule is Cc1cccc(NC(=O)Cn2cc(S(=O)(=O)Cc3ccccc3F)c3ccccc32)c1. The van der Waals surface area contributed by atoms with Gasteiger partial charge < -0.3 is 9.88 Å². The number of hydrogen-bond acceptors (Lipinski definition) is 3. The number of hydrogen-bond donors (Lipinski definition) is 1. The zero-order chi connectivity index (χ0) is 22.0. The van der Waals surface area contributed by atoms with Gasteiger partial charge in [-0.05, 0) is 36.8 Å². The van der Waals surface area contributed by atoms with Crippen LogP contribution in [-0.2, 0) is 26.9 Å². The normalized spacial score (nSPS) is 11.5. The molecule has 1 aromatic heterocycles. The number of fused-ring (bicyclic) bond motifs is 1. The van der Waals surface area contributed by atoms with Crippen LogP contribution < -0.4 is 5.32 Å². The first-order chi connectivity index (χ1) is 14.8. The van der Waals surface area contributed by atoms with Crippen LogP contribution in [-0.4, -0.2) is 18.9 Å². The van der Waals surface area contributed by atoms with Crippen LogP contribution in [0.4, 0.5) is 10.1 Å². The van der Waals surface area contributed by atoms with Gasteiger partial charge in [0.1, 0.15) is 12.4 Å². The van der Waals surface area contributed by atoms with Crippen LogP contribution in [0.2, 0.25) is 0 Å². The van der Waals surface area contributed by atoms with Crippen molar-refractivity contribution in [2.75, 3.05) is 5.32 Å². The average Bonchev–Trinajstić information content (AvgIpc) is 3.09. The number of halogens is 1. The molecule has 0 atom stereocenters. The highest BCUT2D eigenvalue weighted by Gasteiger charge is 2.23. The third-order valence-corrected chi connectivity index (χ3v) is 6.69. The Bertz CT molecular complexity index is 1380. The predicted molar refractivity (Wildman–Crippen MR) is 119 cm³/mol. The monoisotopic (exact) mass is 436 g/mol. The minimum atomic E-state index is -3.83. The highest BCUT2D eigenvalue weighted by molar-refractivity contribution is 7.90. The fourth-order valence-corrected chi connectivity index (χ4v) is 5.16. The lowest BCUT2D eigenvalue weighted by Gasteiger charge is -2.08. The number of sulfone groups is 1. The second kappa shape index (κ2) is 8.35. The number of carbonyl (C=O) groups excluding carboxylic acids is 1. The van der Waals surface area contributed by atoms with Gasteiger partial charge in [0, 0.05) is 28.4 Å². The molecule has 31 heavy (non-hydrogen) atoms. The first-order valence-electron chi connectivity index (χ1n) is 9.74. The van der Waals surface area contributed by atoms with Crippen LogP contribution in [0.1, 0.15) is 11.1 Å². The van der Waals surface area contributed by atoms with Crippen LogP contribution >= 0.6 is 0 Å². The number of carbonyl (C=O) groups is 1. The number of rotatable bonds is 6. The summed E-state index contributed by atoms with van der Waals surface area (Å²) in [6, 6.07) is 20.2. The lowest BCUT2D eigenvalue weighted by Crippen LogP contribution is -2.18. The molecular formula is C24H21FN2O3S. The summed E-state index contributed by atoms with van der Waals surface area (Å²) < 4.78 is 41.9. The first-order valence-corrected chi connectivity index (χ1v) is 11.4. The number of nitrogens with zero attached hydrogens (tertiary/aromatic N) is 1. The van der Waals surface area contributed by atoms with Crippen LogP contribution in [0, 0.1) is 12.7 Å². The van der Waals surface area contributed by atoms with E-state index in [1.54, 1.807) is 41.0 Å². The van der Waals surface area contributed by atoms with E-state index in [9.17, 15) is 17.6 Å². The molecule has 1 amide bonds. The van der Waals surface area contributed by atoms with Crippen molar-refractivity contribution in [1.29, 1.82) is 0 Å². The highest BCUT2D eigenvalue weighted by Crippen LogP contribution is 2.28. The van der Waals surface area contributed by atoms with E-state index < -0.39 is 21.4 Å². The molecule has 1 heterocycles. The quantitative estimate of drug-likeness (QED) is 0.476. The van der Waals surface area contributed by atoms with Crippen molar-refractivity contribution in [1.82, 2.24) is 4.57 Å². The molecule has 0 bridgehead atoms. The summed E-state index contributed by atoms with van der Waals surface area (Å²) in [5.74, 6) is -1.29. The van der Waals surface area contributed by atoms with Gasteiger partial charge in [-0.25, -0.2) is 12.8 Å². The fourth-order valence-electron chi connectivity index (χ4n) is 3.57. The Morgan fingerprint density at radius 3 is 2.52 bits per heavy atom. The minimum Gasteiger partial charge on any atom is -0.337 e. The van der Waals surface area contributed by atoms with E-state index >= 15 is 0 Å². The molecule has 0 aliphatic carbocycles. The van der Waals surface area contributed by atoms with Crippen molar-refractivity contribution >= 4 is 32.3 Å². The van der Waals surface area contributed by atoms with Crippen molar-refractivity contribution < 1.29 is 17.6 Å². The van der Waals surface area contributed by atoms with Crippen molar-refractivity contribution in [2.45, 2.75) is 24.1 Å². The predicted octanol–water partition coefficient (Wildman–Crippen LogP) is 4.70. The Labute approximate surface area is 180 Å². The Morgan fingerprint density at radius 2 is 1.74 bits per heavy atom. The maximum atomic E-state index is 14.0. The summed E-state index contributed by atoms with van der Waals surface area (Å²) in [6.07, 6.45) is 1.46. The van der Waals surface area contributed by atoms with Crippen LogP contribution in [0.25, 0.3) is 10.9 Å². The fraction of sp³-hybridized carbons (Fsp3) is 0.125. The number of aromatic nitrogens is 1. The molecule has 0 aliphatic heterocycles. The molecule has 0 radical (unpaired) electrons. The zero-order valence-corrected chi connectivity index (χ0v) is 17.7. The smallest absolute Gasteiger partial charge is 0.244 e. The molecule has 0 aliphatic rings. The molecule has 7 heteroatoms. The maximum Gasteiger partial charge on any atom is 0.244 e. The van der Waals surface area contributed by atoms with E-state index in [2.05, 4.69) is 5.32 Å². The summed E-state index contributed by atoms with van der Waals surface area (Å²) in [5.41, 5.74) is 2.42. The zero-order valence-electron chi connectivity index (χ0n) is 16.9. The maximum absolute atomic E-state index is 14.0. The van der Waals surface area contributed by atoms with E-state index in [4.69, 9.17) is 0 Å². The minimum absolute atomic E-state index is 0.0519. The Kier molecular flexibility index (Phi) is 5.61. The molecule has 4 rings (SSSR count). The van der Waals surface area contributed by atoms with Gasteiger partial charge in [-0.3, -0.25) is 4.79 Å². The molecule has 0 fully saturated rings. The van der Waals surface area contributed by atoms with Gasteiger partial charge in [-0.15, -0.1) is 0 Å². The highest BCUT2D eigenvalue weighted by atomic mass is 32.2. The third-order valence-electron chi connectivity index (χ3n) is 5.01. The molecule has 0 saturated carbocycles. The van der Waals surface area contributed by atoms with Crippen molar-refractivity contribution in [3.05, 3.63) is 95.9 Å². The van der Waals surface area contributed by atoms with E-state index in [1.807, 2.05) is 25.1 Å². The number of benzene rings is 3. The van der Waals surface area contributed by atoms with Crippen LogP contribution in [0.15, 0.2) is 83.9 Å². The topological polar surface area (TPSA) is 68.2 Å². The van der Waals surface area contributed by atoms with Crippen molar-refractivity contribution in [3.63, 3.8) is 0 Å². The van der Waals surface area contributed by atoms with E-state index in [0.717, 1.165) is 5.56 Å². The van der Waals surface area contributed by atoms with E-state index in [-0.39, 0.29) is 22.9 Å². The molecular weight excluding hydrogens is 415 g/mol. The standard InChI is InChI=1S/C24H21FN2O3S/c1-17-7-6-9-19(13-17)26-24(28)15-27-14-23(20-10-3-5-12-22(20)27)31(29,30)16-18-8-2-4-11-21(18)25/h2-14H,15-16H2,1H3,(H,26,28). The largest absolute Gasteiger partial charge is 0.337 e. The third kappa shape index (κ3) is 4.51. The van der Waals surface area contributed by atoms with Gasteiger partial charge in [0.15, 0.2) is 9.84 Å². The summed E-state index contributed by atoms with van der Waals surface area (Å²) in [4.78, 5) is 12.7. The Hall–Kier alpha value is -3.45. The molecule has 0 unspecified atom stereocenters. The van der Waals surface area contributed by atoms with Gasteiger partial charge in [0.05, 0.1) is 10.6 Å². The van der Waals surface area contributed by atoms with Gasteiger partial charge >= 0.3 is 0 Å². The molecule has 1 N–H and O–H groups in total. The van der Waals surface area contributed by atoms with Crippen LogP contribution in [0.3, 0.4) is 0 Å². The number of aryl methyl sites for hydroxylation is 1. The summed E-state index contributed by atoms with van der Waals surface area (Å²) in [5, 5.41) is 3.33. The Morgan fingerprint density at radius 1 is 1.00 bits per heavy atom. The molecule has 0 saturated heterocycles. The lowest BCUT2D eigenvalue weighted by atomic mass is 10.2. The van der Waals surface area contributed by atoms with Gasteiger partial charge in [0.25, 0.3) is 0 Å². The molecule has 5 nitrogen and oxygen atoms in total. The lowest BCUT2D eigenvalue weighted by molar-refractivity contribution is -0.116. The summed E-state index contributed by atoms with van der Waals surface area (Å²) in [7, 11) is -3.83. The first kappa shape index (κ1) is 20.8. The number of para-hydroxylation sites is 1. The molecule has 4 aromatic rings. The number of amides is 1. The summed E-state index contributed by atoms with van der Waals surface area (Å²) in [6.45, 7) is 1.88. The number of anilines is 1.